The SMILES string of the molecule is O=C(N/N=C/c1coc2ccccc2c1=O)c1cc(O)ccc1O. The van der Waals surface area contributed by atoms with Crippen LogP contribution < -0.4 is 10.9 Å². The van der Waals surface area contributed by atoms with Crippen molar-refractivity contribution in [2.75, 3.05) is 0 Å². The lowest BCUT2D eigenvalue weighted by Gasteiger charge is -2.03. The molecular weight excluding hydrogens is 312 g/mol. The van der Waals surface area contributed by atoms with Gasteiger partial charge in [0.1, 0.15) is 23.3 Å². The van der Waals surface area contributed by atoms with E-state index in [9.17, 15) is 19.8 Å². The van der Waals surface area contributed by atoms with Gasteiger partial charge in [-0.2, -0.15) is 5.10 Å². The molecule has 0 aliphatic carbocycles. The van der Waals surface area contributed by atoms with Crippen LogP contribution in [0.1, 0.15) is 15.9 Å². The molecule has 7 heteroatoms. The summed E-state index contributed by atoms with van der Waals surface area (Å²) in [7, 11) is 0. The van der Waals surface area contributed by atoms with E-state index in [0.29, 0.717) is 11.0 Å². The van der Waals surface area contributed by atoms with Crippen molar-refractivity contribution in [1.29, 1.82) is 0 Å². The van der Waals surface area contributed by atoms with Crippen molar-refractivity contribution in [3.63, 3.8) is 0 Å². The Morgan fingerprint density at radius 2 is 1.96 bits per heavy atom. The molecule has 0 aliphatic heterocycles. The molecule has 0 saturated carbocycles. The third kappa shape index (κ3) is 2.95. The second-order valence-corrected chi connectivity index (χ2v) is 4.92. The summed E-state index contributed by atoms with van der Waals surface area (Å²) in [4.78, 5) is 24.1. The molecule has 0 aliphatic rings. The van der Waals surface area contributed by atoms with E-state index >= 15 is 0 Å². The lowest BCUT2D eigenvalue weighted by molar-refractivity contribution is 0.0952. The Balaban J connectivity index is 1.82. The van der Waals surface area contributed by atoms with Crippen LogP contribution in [0, 0.1) is 0 Å². The molecule has 1 heterocycles. The van der Waals surface area contributed by atoms with Gasteiger partial charge < -0.3 is 14.6 Å². The minimum absolute atomic E-state index is 0.141. The molecule has 0 radical (unpaired) electrons. The van der Waals surface area contributed by atoms with Crippen LogP contribution in [0.3, 0.4) is 0 Å². The zero-order valence-corrected chi connectivity index (χ0v) is 12.3. The molecule has 0 fully saturated rings. The number of nitrogens with one attached hydrogen (secondary N) is 1. The fourth-order valence-corrected chi connectivity index (χ4v) is 2.11. The van der Waals surface area contributed by atoms with E-state index in [4.69, 9.17) is 4.42 Å². The summed E-state index contributed by atoms with van der Waals surface area (Å²) < 4.78 is 5.32. The van der Waals surface area contributed by atoms with Crippen LogP contribution >= 0.6 is 0 Å². The molecule has 3 N–H and O–H groups in total. The summed E-state index contributed by atoms with van der Waals surface area (Å²) in [5.41, 5.74) is 2.36. The van der Waals surface area contributed by atoms with Crippen LogP contribution in [-0.4, -0.2) is 22.3 Å². The molecule has 120 valence electrons. The number of para-hydroxylation sites is 1. The number of hydrazone groups is 1. The number of rotatable bonds is 3. The van der Waals surface area contributed by atoms with Gasteiger partial charge in [0.05, 0.1) is 22.7 Å². The van der Waals surface area contributed by atoms with E-state index in [1.165, 1.54) is 18.4 Å². The predicted octanol–water partition coefficient (Wildman–Crippen LogP) is 1.97. The predicted molar refractivity (Wildman–Crippen MR) is 87.3 cm³/mol. The Hall–Kier alpha value is -3.61. The molecule has 24 heavy (non-hydrogen) atoms. The van der Waals surface area contributed by atoms with E-state index in [2.05, 4.69) is 10.5 Å². The molecule has 1 aromatic heterocycles. The number of aromatic hydroxyl groups is 2. The Morgan fingerprint density at radius 3 is 2.79 bits per heavy atom. The summed E-state index contributed by atoms with van der Waals surface area (Å²) in [6.07, 6.45) is 2.39. The largest absolute Gasteiger partial charge is 0.508 e. The first-order valence-electron chi connectivity index (χ1n) is 6.92. The molecule has 3 aromatic rings. The van der Waals surface area contributed by atoms with Crippen molar-refractivity contribution >= 4 is 23.1 Å². The summed E-state index contributed by atoms with van der Waals surface area (Å²) in [5, 5.41) is 23.0. The fraction of sp³-hybridized carbons (Fsp3) is 0. The number of nitrogens with zero attached hydrogens (tertiary/aromatic N) is 1. The van der Waals surface area contributed by atoms with Gasteiger partial charge >= 0.3 is 0 Å². The number of phenolic OH excluding ortho intramolecular Hbond substituents is 2. The number of benzene rings is 2. The minimum atomic E-state index is -0.732. The van der Waals surface area contributed by atoms with Gasteiger partial charge in [0.2, 0.25) is 5.43 Å². The maximum Gasteiger partial charge on any atom is 0.275 e. The van der Waals surface area contributed by atoms with E-state index in [0.717, 1.165) is 12.3 Å². The Morgan fingerprint density at radius 1 is 1.17 bits per heavy atom. The zero-order valence-electron chi connectivity index (χ0n) is 12.3. The van der Waals surface area contributed by atoms with Gasteiger partial charge in [-0.1, -0.05) is 12.1 Å². The lowest BCUT2D eigenvalue weighted by atomic mass is 10.2. The summed E-state index contributed by atoms with van der Waals surface area (Å²) >= 11 is 0. The van der Waals surface area contributed by atoms with Gasteiger partial charge in [0, 0.05) is 0 Å². The Labute approximate surface area is 135 Å². The van der Waals surface area contributed by atoms with E-state index in [-0.39, 0.29) is 28.1 Å². The number of carbonyl (C=O) groups is 1. The molecule has 3 rings (SSSR count). The van der Waals surface area contributed by atoms with Crippen LogP contribution in [0.5, 0.6) is 11.5 Å². The van der Waals surface area contributed by atoms with Gasteiger partial charge in [0.15, 0.2) is 0 Å². The number of amides is 1. The van der Waals surface area contributed by atoms with Crippen LogP contribution in [0.25, 0.3) is 11.0 Å². The van der Waals surface area contributed by atoms with Crippen LogP contribution in [0.15, 0.2) is 63.0 Å². The maximum atomic E-state index is 12.2. The molecule has 7 nitrogen and oxygen atoms in total. The molecule has 2 aromatic carbocycles. The highest BCUT2D eigenvalue weighted by atomic mass is 16.3. The van der Waals surface area contributed by atoms with Crippen molar-refractivity contribution < 1.29 is 19.4 Å². The molecule has 1 amide bonds. The average molecular weight is 324 g/mol. The second-order valence-electron chi connectivity index (χ2n) is 4.92. The highest BCUT2D eigenvalue weighted by molar-refractivity contribution is 5.97. The third-order valence-electron chi connectivity index (χ3n) is 3.30. The monoisotopic (exact) mass is 324 g/mol. The topological polar surface area (TPSA) is 112 Å². The van der Waals surface area contributed by atoms with Crippen molar-refractivity contribution in [3.05, 3.63) is 70.1 Å². The number of phenols is 2. The third-order valence-corrected chi connectivity index (χ3v) is 3.30. The first-order chi connectivity index (χ1) is 11.6. The van der Waals surface area contributed by atoms with Gasteiger partial charge in [-0.25, -0.2) is 5.43 Å². The Bertz CT molecular complexity index is 1010. The summed E-state index contributed by atoms with van der Waals surface area (Å²) in [6, 6.07) is 10.3. The van der Waals surface area contributed by atoms with Crippen molar-refractivity contribution in [2.24, 2.45) is 5.10 Å². The smallest absolute Gasteiger partial charge is 0.275 e. The highest BCUT2D eigenvalue weighted by Crippen LogP contribution is 2.21. The van der Waals surface area contributed by atoms with Gasteiger partial charge in [-0.05, 0) is 30.3 Å². The van der Waals surface area contributed by atoms with Crippen LogP contribution in [0.4, 0.5) is 0 Å². The number of hydrogen-bond donors (Lipinski definition) is 3. The quantitative estimate of drug-likeness (QED) is 0.387. The van der Waals surface area contributed by atoms with E-state index in [1.54, 1.807) is 24.3 Å². The second kappa shape index (κ2) is 6.25. The number of carbonyl (C=O) groups excluding carboxylic acids is 1. The molecule has 0 bridgehead atoms. The number of hydrogen-bond acceptors (Lipinski definition) is 6. The zero-order chi connectivity index (χ0) is 17.1. The average Bonchev–Trinajstić information content (AvgIpc) is 2.59. The minimum Gasteiger partial charge on any atom is -0.508 e. The molecular formula is C17H12N2O5. The van der Waals surface area contributed by atoms with Crippen molar-refractivity contribution in [1.82, 2.24) is 5.43 Å². The van der Waals surface area contributed by atoms with Gasteiger partial charge in [-0.3, -0.25) is 9.59 Å². The molecule has 0 atom stereocenters. The highest BCUT2D eigenvalue weighted by Gasteiger charge is 2.11. The summed E-state index contributed by atoms with van der Waals surface area (Å²) in [5.74, 6) is -1.20. The maximum absolute atomic E-state index is 12.2. The normalized spacial score (nSPS) is 11.0. The van der Waals surface area contributed by atoms with Crippen LogP contribution in [0.2, 0.25) is 0 Å². The Kier molecular flexibility index (Phi) is 3.98. The van der Waals surface area contributed by atoms with Gasteiger partial charge in [0.25, 0.3) is 5.91 Å². The first kappa shape index (κ1) is 15.3. The summed E-state index contributed by atoms with van der Waals surface area (Å²) in [6.45, 7) is 0. The molecule has 0 saturated heterocycles. The number of fused-ring (bicyclic) bond motifs is 1. The molecule has 0 unspecified atom stereocenters. The van der Waals surface area contributed by atoms with E-state index in [1.807, 2.05) is 0 Å². The van der Waals surface area contributed by atoms with Crippen molar-refractivity contribution in [2.45, 2.75) is 0 Å². The standard InChI is InChI=1S/C17H12N2O5/c20-11-5-6-14(21)13(7-11)17(23)19-18-8-10-9-24-15-4-2-1-3-12(15)16(10)22/h1-9,20-21H,(H,19,23)/b18-8+. The molecule has 0 spiro atoms. The van der Waals surface area contributed by atoms with E-state index < -0.39 is 5.91 Å². The fourth-order valence-electron chi connectivity index (χ4n) is 2.11. The van der Waals surface area contributed by atoms with Gasteiger partial charge in [-0.15, -0.1) is 0 Å². The first-order valence-corrected chi connectivity index (χ1v) is 6.92. The van der Waals surface area contributed by atoms with Crippen molar-refractivity contribution in [3.8, 4) is 11.5 Å². The van der Waals surface area contributed by atoms with Crippen LogP contribution in [-0.2, 0) is 0 Å². The lowest BCUT2D eigenvalue weighted by Crippen LogP contribution is -2.18.